The second-order valence-corrected chi connectivity index (χ2v) is 8.31. The summed E-state index contributed by atoms with van der Waals surface area (Å²) in [5.41, 5.74) is 4.16. The van der Waals surface area contributed by atoms with Crippen molar-refractivity contribution in [3.8, 4) is 0 Å². The van der Waals surface area contributed by atoms with Crippen LogP contribution in [-0.4, -0.2) is 26.2 Å². The summed E-state index contributed by atoms with van der Waals surface area (Å²) < 4.78 is 6.14. The quantitative estimate of drug-likeness (QED) is 0.488. The fourth-order valence-electron chi connectivity index (χ4n) is 4.32. The van der Waals surface area contributed by atoms with E-state index < -0.39 is 0 Å². The Morgan fingerprint density at radius 2 is 2.07 bits per heavy atom. The molecule has 2 aromatic carbocycles. The van der Waals surface area contributed by atoms with Crippen LogP contribution < -0.4 is 10.6 Å². The number of benzene rings is 2. The van der Waals surface area contributed by atoms with Crippen molar-refractivity contribution in [1.29, 1.82) is 0 Å². The van der Waals surface area contributed by atoms with Gasteiger partial charge in [-0.2, -0.15) is 0 Å². The largest absolute Gasteiger partial charge is 0.385 e. The number of carbonyl (C=O) groups excluding carboxylic acids is 1. The average molecular weight is 441 g/mol. The normalized spacial score (nSPS) is 22.3. The monoisotopic (exact) mass is 440 g/mol. The molecule has 0 bridgehead atoms. The Morgan fingerprint density at radius 3 is 2.86 bits per heavy atom. The maximum atomic E-state index is 12.8. The zero-order chi connectivity index (χ0) is 19.5. The van der Waals surface area contributed by atoms with Crippen molar-refractivity contribution in [2.75, 3.05) is 25.6 Å². The molecule has 4 nitrogen and oxygen atoms in total. The van der Waals surface area contributed by atoms with Gasteiger partial charge in [0.1, 0.15) is 0 Å². The fourth-order valence-corrected chi connectivity index (χ4v) is 4.59. The Labute approximate surface area is 174 Å². The number of allylic oxidation sites excluding steroid dienone is 2. The van der Waals surface area contributed by atoms with Crippen LogP contribution in [0.25, 0.3) is 0 Å². The van der Waals surface area contributed by atoms with Crippen molar-refractivity contribution < 1.29 is 9.53 Å². The van der Waals surface area contributed by atoms with Crippen LogP contribution in [0.15, 0.2) is 59.1 Å². The molecule has 1 aliphatic heterocycles. The number of carbonyl (C=O) groups is 1. The highest BCUT2D eigenvalue weighted by atomic mass is 79.9. The van der Waals surface area contributed by atoms with Gasteiger partial charge in [0.15, 0.2) is 0 Å². The summed E-state index contributed by atoms with van der Waals surface area (Å²) >= 11 is 3.52. The Balaban J connectivity index is 1.64. The molecule has 2 aromatic rings. The molecule has 0 saturated heterocycles. The second kappa shape index (κ2) is 8.50. The molecular formula is C23H25BrN2O2. The third-order valence-corrected chi connectivity index (χ3v) is 6.21. The van der Waals surface area contributed by atoms with Gasteiger partial charge < -0.3 is 15.4 Å². The molecule has 3 unspecified atom stereocenters. The Kier molecular flexibility index (Phi) is 5.83. The van der Waals surface area contributed by atoms with Gasteiger partial charge in [-0.15, -0.1) is 0 Å². The van der Waals surface area contributed by atoms with Gasteiger partial charge in [-0.3, -0.25) is 4.79 Å². The molecule has 4 rings (SSSR count). The van der Waals surface area contributed by atoms with Gasteiger partial charge in [-0.1, -0.05) is 52.3 Å². The lowest BCUT2D eigenvalue weighted by molar-refractivity contribution is 0.0949. The van der Waals surface area contributed by atoms with Gasteiger partial charge in [-0.25, -0.2) is 0 Å². The van der Waals surface area contributed by atoms with Crippen molar-refractivity contribution in [2.24, 2.45) is 5.92 Å². The molecule has 0 fully saturated rings. The summed E-state index contributed by atoms with van der Waals surface area (Å²) in [6.07, 6.45) is 6.43. The number of halogens is 1. The Hall–Kier alpha value is -2.11. The molecule has 5 heteroatoms. The molecule has 0 spiro atoms. The number of hydrogen-bond donors (Lipinski definition) is 2. The molecule has 28 heavy (non-hydrogen) atoms. The van der Waals surface area contributed by atoms with Crippen molar-refractivity contribution in [2.45, 2.75) is 24.8 Å². The minimum Gasteiger partial charge on any atom is -0.385 e. The van der Waals surface area contributed by atoms with E-state index in [0.29, 0.717) is 25.0 Å². The van der Waals surface area contributed by atoms with Crippen LogP contribution in [0.4, 0.5) is 5.69 Å². The number of ether oxygens (including phenoxy) is 1. The van der Waals surface area contributed by atoms with Crippen LogP contribution in [0.2, 0.25) is 0 Å². The van der Waals surface area contributed by atoms with Crippen LogP contribution in [0.5, 0.6) is 0 Å². The number of para-hydroxylation sites is 1. The number of fused-ring (bicyclic) bond motifs is 3. The van der Waals surface area contributed by atoms with Crippen LogP contribution in [0.3, 0.4) is 0 Å². The van der Waals surface area contributed by atoms with Crippen LogP contribution in [-0.2, 0) is 4.74 Å². The maximum Gasteiger partial charge on any atom is 0.253 e. The molecule has 2 aliphatic rings. The Bertz CT molecular complexity index is 879. The highest BCUT2D eigenvalue weighted by Crippen LogP contribution is 2.50. The third-order valence-electron chi connectivity index (χ3n) is 5.68. The smallest absolute Gasteiger partial charge is 0.253 e. The van der Waals surface area contributed by atoms with Gasteiger partial charge in [0.25, 0.3) is 5.91 Å². The van der Waals surface area contributed by atoms with E-state index in [9.17, 15) is 4.79 Å². The molecule has 0 radical (unpaired) electrons. The molecule has 1 heterocycles. The fraction of sp³-hybridized carbons (Fsp3) is 0.348. The number of nitrogens with one attached hydrogen (secondary N) is 2. The van der Waals surface area contributed by atoms with E-state index in [2.05, 4.69) is 69.0 Å². The second-order valence-electron chi connectivity index (χ2n) is 7.40. The van der Waals surface area contributed by atoms with E-state index in [1.807, 2.05) is 12.1 Å². The van der Waals surface area contributed by atoms with Crippen LogP contribution in [0.1, 0.15) is 46.3 Å². The first kappa shape index (κ1) is 19.2. The SMILES string of the molecule is COCCCNC(=O)c1cccc2c1NC(c1ccc(Br)cc1)C1CC=CC21. The summed E-state index contributed by atoms with van der Waals surface area (Å²) in [6.45, 7) is 1.25. The number of amides is 1. The number of rotatable bonds is 6. The molecule has 3 atom stereocenters. The summed E-state index contributed by atoms with van der Waals surface area (Å²) in [6, 6.07) is 14.7. The van der Waals surface area contributed by atoms with Crippen LogP contribution >= 0.6 is 15.9 Å². The first-order valence-electron chi connectivity index (χ1n) is 9.77. The summed E-state index contributed by atoms with van der Waals surface area (Å²) in [5, 5.41) is 6.74. The summed E-state index contributed by atoms with van der Waals surface area (Å²) in [5.74, 6) is 0.773. The number of hydrogen-bond acceptors (Lipinski definition) is 3. The molecule has 146 valence electrons. The molecule has 0 aromatic heterocycles. The number of methoxy groups -OCH3 is 1. The zero-order valence-electron chi connectivity index (χ0n) is 16.0. The minimum atomic E-state index is -0.0320. The first-order chi connectivity index (χ1) is 13.7. The third kappa shape index (κ3) is 3.74. The predicted octanol–water partition coefficient (Wildman–Crippen LogP) is 5.04. The lowest BCUT2D eigenvalue weighted by atomic mass is 9.76. The minimum absolute atomic E-state index is 0.0320. The lowest BCUT2D eigenvalue weighted by Crippen LogP contribution is -2.32. The van der Waals surface area contributed by atoms with E-state index in [-0.39, 0.29) is 11.9 Å². The van der Waals surface area contributed by atoms with Gasteiger partial charge >= 0.3 is 0 Å². The maximum absolute atomic E-state index is 12.8. The van der Waals surface area contributed by atoms with Gasteiger partial charge in [-0.05, 0) is 48.1 Å². The van der Waals surface area contributed by atoms with E-state index >= 15 is 0 Å². The average Bonchev–Trinajstić information content (AvgIpc) is 3.21. The summed E-state index contributed by atoms with van der Waals surface area (Å²) in [4.78, 5) is 12.8. The topological polar surface area (TPSA) is 50.4 Å². The van der Waals surface area contributed by atoms with Gasteiger partial charge in [0, 0.05) is 30.7 Å². The van der Waals surface area contributed by atoms with Gasteiger partial charge in [0.2, 0.25) is 0 Å². The molecular weight excluding hydrogens is 416 g/mol. The Morgan fingerprint density at radius 1 is 1.25 bits per heavy atom. The molecule has 1 aliphatic carbocycles. The van der Waals surface area contributed by atoms with Crippen molar-refractivity contribution in [3.63, 3.8) is 0 Å². The van der Waals surface area contributed by atoms with E-state index in [4.69, 9.17) is 4.74 Å². The highest BCUT2D eigenvalue weighted by molar-refractivity contribution is 9.10. The zero-order valence-corrected chi connectivity index (χ0v) is 17.5. The van der Waals surface area contributed by atoms with Crippen LogP contribution in [0, 0.1) is 5.92 Å². The van der Waals surface area contributed by atoms with Gasteiger partial charge in [0.05, 0.1) is 17.3 Å². The summed E-state index contributed by atoms with van der Waals surface area (Å²) in [7, 11) is 1.67. The van der Waals surface area contributed by atoms with Crippen molar-refractivity contribution >= 4 is 27.5 Å². The standard InChI is InChI=1S/C23H25BrN2O2/c1-28-14-4-13-25-23(27)20-8-3-7-19-17-5-2-6-18(17)21(26-22(19)20)15-9-11-16(24)12-10-15/h2-3,5,7-12,17-18,21,26H,4,6,13-14H2,1H3,(H,25,27). The van der Waals surface area contributed by atoms with E-state index in [1.165, 1.54) is 11.1 Å². The molecule has 1 amide bonds. The predicted molar refractivity (Wildman–Crippen MR) is 116 cm³/mol. The van der Waals surface area contributed by atoms with E-state index in [0.717, 1.165) is 28.6 Å². The first-order valence-corrected chi connectivity index (χ1v) is 10.6. The molecule has 2 N–H and O–H groups in total. The van der Waals surface area contributed by atoms with E-state index in [1.54, 1.807) is 7.11 Å². The van der Waals surface area contributed by atoms with Crippen molar-refractivity contribution in [3.05, 3.63) is 75.8 Å². The highest BCUT2D eigenvalue weighted by Gasteiger charge is 2.39. The lowest BCUT2D eigenvalue weighted by Gasteiger charge is -2.38. The van der Waals surface area contributed by atoms with Crippen molar-refractivity contribution in [1.82, 2.24) is 5.32 Å². The number of anilines is 1. The molecule has 0 saturated carbocycles.